The van der Waals surface area contributed by atoms with Gasteiger partial charge in [-0.2, -0.15) is 0 Å². The van der Waals surface area contributed by atoms with E-state index in [1.165, 1.54) is 17.9 Å². The quantitative estimate of drug-likeness (QED) is 0.284. The van der Waals surface area contributed by atoms with Crippen LogP contribution in [0.4, 0.5) is 37.6 Å². The number of ether oxygens (including phenoxy) is 2. The minimum absolute atomic E-state index is 0.153. The lowest BCUT2D eigenvalue weighted by atomic mass is 10.1. The predicted octanol–water partition coefficient (Wildman–Crippen LogP) is 3.57. The Labute approximate surface area is 242 Å². The first kappa shape index (κ1) is 28.7. The van der Waals surface area contributed by atoms with Crippen molar-refractivity contribution in [2.75, 3.05) is 65.6 Å². The molecule has 2 saturated heterocycles. The molecule has 2 heterocycles. The molecule has 5 rings (SSSR count). The van der Waals surface area contributed by atoms with Crippen molar-refractivity contribution in [1.82, 2.24) is 5.32 Å². The van der Waals surface area contributed by atoms with Gasteiger partial charge >= 0.3 is 6.09 Å². The van der Waals surface area contributed by atoms with E-state index in [4.69, 9.17) is 15.2 Å². The highest BCUT2D eigenvalue weighted by atomic mass is 19.1. The van der Waals surface area contributed by atoms with E-state index in [0.717, 1.165) is 5.56 Å². The Balaban J connectivity index is 1.34. The standard InChI is InChI=1S/C30H33FN6O5/c1-19(38)33-17-22-18-37(30(40)42-22)28-14-23(31)27(36-10-12-41-13-11-36)15-26(28)34-16-20-6-8-21(9-7-20)29(39)35-25-5-3-2-4-24(25)32/h2-9,14-15,22,34H,10-13,16-18,32H2,1H3,(H,33,38)(H,35,39)/t22-/m0/s1. The topological polar surface area (TPSA) is 138 Å². The Morgan fingerprint density at radius 2 is 1.76 bits per heavy atom. The van der Waals surface area contributed by atoms with Gasteiger partial charge in [-0.3, -0.25) is 14.5 Å². The second kappa shape index (κ2) is 12.8. The molecule has 0 radical (unpaired) electrons. The molecule has 0 bridgehead atoms. The Bertz CT molecular complexity index is 1460. The van der Waals surface area contributed by atoms with E-state index in [0.29, 0.717) is 66.8 Å². The number of nitrogens with one attached hydrogen (secondary N) is 3. The number of morpholine rings is 1. The minimum Gasteiger partial charge on any atom is -0.442 e. The maximum Gasteiger partial charge on any atom is 0.414 e. The molecule has 3 aromatic carbocycles. The fourth-order valence-corrected chi connectivity index (χ4v) is 4.82. The van der Waals surface area contributed by atoms with Crippen molar-refractivity contribution in [2.45, 2.75) is 19.6 Å². The van der Waals surface area contributed by atoms with Crippen molar-refractivity contribution in [3.05, 3.63) is 77.6 Å². The van der Waals surface area contributed by atoms with Crippen LogP contribution in [0.15, 0.2) is 60.7 Å². The number of para-hydroxylation sites is 2. The summed E-state index contributed by atoms with van der Waals surface area (Å²) in [5, 5.41) is 8.79. The summed E-state index contributed by atoms with van der Waals surface area (Å²) in [6.07, 6.45) is -1.19. The fraction of sp³-hybridized carbons (Fsp3) is 0.300. The van der Waals surface area contributed by atoms with Crippen LogP contribution in [0.3, 0.4) is 0 Å². The average molecular weight is 577 g/mol. The van der Waals surface area contributed by atoms with Gasteiger partial charge in [0.05, 0.1) is 54.7 Å². The van der Waals surface area contributed by atoms with Gasteiger partial charge in [0.25, 0.3) is 5.91 Å². The van der Waals surface area contributed by atoms with Gasteiger partial charge in [-0.15, -0.1) is 0 Å². The van der Waals surface area contributed by atoms with E-state index in [2.05, 4.69) is 16.0 Å². The lowest BCUT2D eigenvalue weighted by Crippen LogP contribution is -2.37. The summed E-state index contributed by atoms with van der Waals surface area (Å²) in [6.45, 7) is 4.09. The van der Waals surface area contributed by atoms with Gasteiger partial charge < -0.3 is 36.1 Å². The van der Waals surface area contributed by atoms with Gasteiger partial charge in [0, 0.05) is 38.2 Å². The third-order valence-corrected chi connectivity index (χ3v) is 7.07. The Kier molecular flexibility index (Phi) is 8.72. The van der Waals surface area contributed by atoms with Crippen molar-refractivity contribution < 1.29 is 28.2 Å². The predicted molar refractivity (Wildman–Crippen MR) is 158 cm³/mol. The van der Waals surface area contributed by atoms with Gasteiger partial charge in [0.2, 0.25) is 5.91 Å². The molecular weight excluding hydrogens is 543 g/mol. The molecule has 2 aliphatic rings. The number of nitrogens with two attached hydrogens (primary N) is 1. The third kappa shape index (κ3) is 6.72. The number of cyclic esters (lactones) is 1. The van der Waals surface area contributed by atoms with Gasteiger partial charge in [0.1, 0.15) is 11.9 Å². The molecule has 2 aliphatic heterocycles. The second-order valence-corrected chi connectivity index (χ2v) is 10.1. The van der Waals surface area contributed by atoms with Crippen molar-refractivity contribution in [3.8, 4) is 0 Å². The summed E-state index contributed by atoms with van der Waals surface area (Å²) in [6, 6.07) is 17.1. The number of hydrogen-bond acceptors (Lipinski definition) is 8. The molecule has 12 heteroatoms. The highest BCUT2D eigenvalue weighted by molar-refractivity contribution is 6.05. The highest BCUT2D eigenvalue weighted by Crippen LogP contribution is 2.36. The number of halogens is 1. The average Bonchev–Trinajstić information content (AvgIpc) is 3.37. The molecule has 0 aromatic heterocycles. The molecule has 220 valence electrons. The first-order valence-corrected chi connectivity index (χ1v) is 13.7. The van der Waals surface area contributed by atoms with Crippen LogP contribution in [0.2, 0.25) is 0 Å². The van der Waals surface area contributed by atoms with Crippen LogP contribution in [-0.2, 0) is 20.8 Å². The van der Waals surface area contributed by atoms with E-state index in [9.17, 15) is 14.4 Å². The summed E-state index contributed by atoms with van der Waals surface area (Å²) < 4.78 is 26.3. The Morgan fingerprint density at radius 1 is 1.02 bits per heavy atom. The van der Waals surface area contributed by atoms with E-state index < -0.39 is 18.0 Å². The van der Waals surface area contributed by atoms with Crippen LogP contribution >= 0.6 is 0 Å². The molecule has 3 amide bonds. The van der Waals surface area contributed by atoms with Crippen molar-refractivity contribution >= 4 is 46.3 Å². The van der Waals surface area contributed by atoms with Gasteiger partial charge in [-0.1, -0.05) is 24.3 Å². The van der Waals surface area contributed by atoms with Crippen molar-refractivity contribution in [1.29, 1.82) is 0 Å². The lowest BCUT2D eigenvalue weighted by Gasteiger charge is -2.30. The zero-order chi connectivity index (χ0) is 29.6. The SMILES string of the molecule is CC(=O)NC[C@H]1CN(c2cc(F)c(N3CCOCC3)cc2NCc2ccc(C(=O)Nc3ccccc3N)cc2)C(=O)O1. The molecule has 0 spiro atoms. The number of rotatable bonds is 9. The number of hydrogen-bond donors (Lipinski definition) is 4. The molecule has 0 unspecified atom stereocenters. The Morgan fingerprint density at radius 3 is 2.48 bits per heavy atom. The van der Waals surface area contributed by atoms with Gasteiger partial charge in [0.15, 0.2) is 0 Å². The molecule has 42 heavy (non-hydrogen) atoms. The number of nitrogens with zero attached hydrogens (tertiary/aromatic N) is 2. The van der Waals surface area contributed by atoms with Gasteiger partial charge in [-0.25, -0.2) is 9.18 Å². The third-order valence-electron chi connectivity index (χ3n) is 7.07. The first-order chi connectivity index (χ1) is 20.3. The maximum absolute atomic E-state index is 15.4. The Hall–Kier alpha value is -4.84. The van der Waals surface area contributed by atoms with E-state index >= 15 is 4.39 Å². The lowest BCUT2D eigenvalue weighted by molar-refractivity contribution is -0.119. The normalized spacial score (nSPS) is 16.6. The van der Waals surface area contributed by atoms with Crippen LogP contribution in [0.1, 0.15) is 22.8 Å². The highest BCUT2D eigenvalue weighted by Gasteiger charge is 2.34. The summed E-state index contributed by atoms with van der Waals surface area (Å²) in [4.78, 5) is 40.1. The number of carbonyl (C=O) groups is 3. The second-order valence-electron chi connectivity index (χ2n) is 10.1. The largest absolute Gasteiger partial charge is 0.442 e. The summed E-state index contributed by atoms with van der Waals surface area (Å²) in [5.74, 6) is -0.991. The molecule has 0 aliphatic carbocycles. The zero-order valence-corrected chi connectivity index (χ0v) is 23.2. The molecule has 2 fully saturated rings. The minimum atomic E-state index is -0.624. The summed E-state index contributed by atoms with van der Waals surface area (Å²) in [7, 11) is 0. The van der Waals surface area contributed by atoms with Crippen LogP contribution in [-0.4, -0.2) is 63.4 Å². The molecule has 3 aromatic rings. The van der Waals surface area contributed by atoms with Crippen LogP contribution < -0.4 is 31.5 Å². The molecule has 5 N–H and O–H groups in total. The first-order valence-electron chi connectivity index (χ1n) is 13.7. The van der Waals surface area contributed by atoms with Crippen LogP contribution in [0, 0.1) is 5.82 Å². The number of nitrogen functional groups attached to an aromatic ring is 1. The molecular formula is C30H33FN6O5. The maximum atomic E-state index is 15.4. The summed E-state index contributed by atoms with van der Waals surface area (Å²) >= 11 is 0. The van der Waals surface area contributed by atoms with Crippen molar-refractivity contribution in [3.63, 3.8) is 0 Å². The fourth-order valence-electron chi connectivity index (χ4n) is 4.82. The van der Waals surface area contributed by atoms with Crippen LogP contribution in [0.5, 0.6) is 0 Å². The smallest absolute Gasteiger partial charge is 0.414 e. The zero-order valence-electron chi connectivity index (χ0n) is 23.2. The monoisotopic (exact) mass is 576 g/mol. The van der Waals surface area contributed by atoms with E-state index in [-0.39, 0.29) is 24.9 Å². The van der Waals surface area contributed by atoms with E-state index in [1.54, 1.807) is 42.5 Å². The number of carbonyl (C=O) groups excluding carboxylic acids is 3. The van der Waals surface area contributed by atoms with Gasteiger partial charge in [-0.05, 0) is 35.9 Å². The number of anilines is 5. The molecule has 1 atom stereocenters. The molecule has 11 nitrogen and oxygen atoms in total. The van der Waals surface area contributed by atoms with E-state index in [1.807, 2.05) is 17.0 Å². The number of benzene rings is 3. The van der Waals surface area contributed by atoms with Crippen LogP contribution in [0.25, 0.3) is 0 Å². The summed E-state index contributed by atoms with van der Waals surface area (Å²) in [5.41, 5.74) is 9.53. The number of amides is 3. The molecule has 0 saturated carbocycles. The van der Waals surface area contributed by atoms with Crippen molar-refractivity contribution in [2.24, 2.45) is 0 Å².